The number of carbonyl (C=O) groups excluding carboxylic acids is 1. The molecule has 0 saturated heterocycles. The lowest BCUT2D eigenvalue weighted by Crippen LogP contribution is -2.23. The van der Waals surface area contributed by atoms with Gasteiger partial charge in [-0.1, -0.05) is 11.6 Å². The maximum Gasteiger partial charge on any atom is 0.271 e. The molecule has 1 N–H and O–H groups in total. The lowest BCUT2D eigenvalue weighted by Gasteiger charge is -2.03. The van der Waals surface area contributed by atoms with E-state index in [0.717, 1.165) is 0 Å². The smallest absolute Gasteiger partial charge is 0.271 e. The van der Waals surface area contributed by atoms with Crippen LogP contribution in [0, 0.1) is 10.1 Å². The Morgan fingerprint density at radius 2 is 2.33 bits per heavy atom. The summed E-state index contributed by atoms with van der Waals surface area (Å²) in [5, 5.41) is 17.9. The number of nitrogens with zero attached hydrogens (tertiary/aromatic N) is 3. The molecule has 1 aromatic carbocycles. The van der Waals surface area contributed by atoms with Crippen molar-refractivity contribution in [3.8, 4) is 0 Å². The molecule has 94 valence electrons. The highest BCUT2D eigenvalue weighted by Crippen LogP contribution is 2.28. The van der Waals surface area contributed by atoms with Gasteiger partial charge < -0.3 is 5.32 Å². The predicted molar refractivity (Wildman–Crippen MR) is 65.5 cm³/mol. The second-order valence-corrected chi connectivity index (χ2v) is 4.01. The van der Waals surface area contributed by atoms with E-state index in [9.17, 15) is 14.9 Å². The summed E-state index contributed by atoms with van der Waals surface area (Å²) in [5.74, 6) is -0.227. The molecule has 1 amide bonds. The lowest BCUT2D eigenvalue weighted by molar-refractivity contribution is -0.384. The predicted octanol–water partition coefficient (Wildman–Crippen LogP) is 1.34. The van der Waals surface area contributed by atoms with Gasteiger partial charge in [0.1, 0.15) is 6.54 Å². The summed E-state index contributed by atoms with van der Waals surface area (Å²) in [6.45, 7) is 0.0114. The van der Waals surface area contributed by atoms with Crippen LogP contribution in [-0.4, -0.2) is 27.7 Å². The Hall–Kier alpha value is -2.15. The number of aromatic nitrogens is 2. The summed E-state index contributed by atoms with van der Waals surface area (Å²) < 4.78 is 1.40. The van der Waals surface area contributed by atoms with Crippen LogP contribution < -0.4 is 5.32 Å². The SMILES string of the molecule is CNC(=O)Cn1ncc2cc([N+](=O)[O-])cc(Cl)c21. The Balaban J connectivity index is 2.53. The van der Waals surface area contributed by atoms with Crippen molar-refractivity contribution in [2.24, 2.45) is 0 Å². The molecule has 0 fully saturated rings. The molecular formula is C10H9ClN4O3. The molecule has 0 aliphatic heterocycles. The second kappa shape index (κ2) is 4.61. The molecule has 0 radical (unpaired) electrons. The molecule has 18 heavy (non-hydrogen) atoms. The maximum absolute atomic E-state index is 11.3. The quantitative estimate of drug-likeness (QED) is 0.672. The van der Waals surface area contributed by atoms with Crippen molar-refractivity contribution in [3.05, 3.63) is 33.5 Å². The molecule has 1 heterocycles. The van der Waals surface area contributed by atoms with Crippen molar-refractivity contribution in [1.29, 1.82) is 0 Å². The summed E-state index contributed by atoms with van der Waals surface area (Å²) in [6, 6.07) is 2.61. The van der Waals surface area contributed by atoms with Gasteiger partial charge in [-0.25, -0.2) is 0 Å². The van der Waals surface area contributed by atoms with E-state index in [1.807, 2.05) is 0 Å². The molecule has 8 heteroatoms. The third kappa shape index (κ3) is 2.12. The van der Waals surface area contributed by atoms with E-state index < -0.39 is 4.92 Å². The van der Waals surface area contributed by atoms with Gasteiger partial charge in [0.05, 0.1) is 21.7 Å². The van der Waals surface area contributed by atoms with Crippen LogP contribution >= 0.6 is 11.6 Å². The highest BCUT2D eigenvalue weighted by Gasteiger charge is 2.15. The van der Waals surface area contributed by atoms with E-state index >= 15 is 0 Å². The van der Waals surface area contributed by atoms with Crippen molar-refractivity contribution in [2.45, 2.75) is 6.54 Å². The lowest BCUT2D eigenvalue weighted by atomic mass is 10.2. The minimum atomic E-state index is -0.526. The number of amides is 1. The highest BCUT2D eigenvalue weighted by molar-refractivity contribution is 6.35. The number of non-ortho nitro benzene ring substituents is 1. The fraction of sp³-hybridized carbons (Fsp3) is 0.200. The van der Waals surface area contributed by atoms with Crippen molar-refractivity contribution in [3.63, 3.8) is 0 Å². The monoisotopic (exact) mass is 268 g/mol. The zero-order chi connectivity index (χ0) is 13.3. The number of likely N-dealkylation sites (N-methyl/N-ethyl adjacent to an activating group) is 1. The summed E-state index contributed by atoms with van der Waals surface area (Å²) in [7, 11) is 1.51. The standard InChI is InChI=1S/C10H9ClN4O3/c1-12-9(16)5-14-10-6(4-13-14)2-7(15(17)18)3-8(10)11/h2-4H,5H2,1H3,(H,12,16). The topological polar surface area (TPSA) is 90.1 Å². The number of hydrogen-bond acceptors (Lipinski definition) is 4. The van der Waals surface area contributed by atoms with E-state index in [0.29, 0.717) is 10.9 Å². The fourth-order valence-electron chi connectivity index (χ4n) is 1.61. The van der Waals surface area contributed by atoms with E-state index in [-0.39, 0.29) is 23.2 Å². The van der Waals surface area contributed by atoms with Crippen LogP contribution in [0.15, 0.2) is 18.3 Å². The van der Waals surface area contributed by atoms with E-state index in [1.54, 1.807) is 0 Å². The van der Waals surface area contributed by atoms with E-state index in [2.05, 4.69) is 10.4 Å². The summed E-state index contributed by atoms with van der Waals surface area (Å²) in [6.07, 6.45) is 1.44. The average molecular weight is 269 g/mol. The molecule has 0 bridgehead atoms. The Morgan fingerprint density at radius 3 is 2.94 bits per heavy atom. The third-order valence-corrected chi connectivity index (χ3v) is 2.74. The molecular weight excluding hydrogens is 260 g/mol. The first-order valence-electron chi connectivity index (χ1n) is 5.03. The van der Waals surface area contributed by atoms with Gasteiger partial charge in [0.2, 0.25) is 5.91 Å². The number of hydrogen-bond donors (Lipinski definition) is 1. The Labute approximate surface area is 106 Å². The number of carbonyl (C=O) groups is 1. The zero-order valence-corrected chi connectivity index (χ0v) is 10.1. The van der Waals surface area contributed by atoms with Crippen molar-refractivity contribution < 1.29 is 9.72 Å². The summed E-state index contributed by atoms with van der Waals surface area (Å²) >= 11 is 5.98. The van der Waals surface area contributed by atoms with Crippen LogP contribution in [0.1, 0.15) is 0 Å². The van der Waals surface area contributed by atoms with Gasteiger partial charge in [0.25, 0.3) is 5.69 Å². The Morgan fingerprint density at radius 1 is 1.61 bits per heavy atom. The van der Waals surface area contributed by atoms with Gasteiger partial charge in [0.15, 0.2) is 0 Å². The van der Waals surface area contributed by atoms with Crippen LogP contribution in [0.2, 0.25) is 5.02 Å². The van der Waals surface area contributed by atoms with Gasteiger partial charge in [-0.05, 0) is 0 Å². The molecule has 0 aliphatic carbocycles. The third-order valence-electron chi connectivity index (χ3n) is 2.46. The van der Waals surface area contributed by atoms with Gasteiger partial charge >= 0.3 is 0 Å². The highest BCUT2D eigenvalue weighted by atomic mass is 35.5. The molecule has 2 rings (SSSR count). The minimum Gasteiger partial charge on any atom is -0.358 e. The molecule has 0 unspecified atom stereocenters. The number of nitro groups is 1. The number of rotatable bonds is 3. The van der Waals surface area contributed by atoms with E-state index in [4.69, 9.17) is 11.6 Å². The molecule has 0 saturated carbocycles. The second-order valence-electron chi connectivity index (χ2n) is 3.60. The van der Waals surface area contributed by atoms with Gasteiger partial charge in [-0.3, -0.25) is 19.6 Å². The van der Waals surface area contributed by atoms with Crippen LogP contribution in [0.3, 0.4) is 0 Å². The van der Waals surface area contributed by atoms with Crippen molar-refractivity contribution >= 4 is 34.1 Å². The van der Waals surface area contributed by atoms with Crippen LogP contribution in [-0.2, 0) is 11.3 Å². The Kier molecular flexibility index (Phi) is 3.15. The largest absolute Gasteiger partial charge is 0.358 e. The van der Waals surface area contributed by atoms with Crippen LogP contribution in [0.5, 0.6) is 0 Å². The van der Waals surface area contributed by atoms with Gasteiger partial charge in [-0.15, -0.1) is 0 Å². The fourth-order valence-corrected chi connectivity index (χ4v) is 1.92. The first-order valence-corrected chi connectivity index (χ1v) is 5.40. The number of nitrogens with one attached hydrogen (secondary N) is 1. The van der Waals surface area contributed by atoms with Crippen LogP contribution in [0.25, 0.3) is 10.9 Å². The minimum absolute atomic E-state index is 0.0114. The molecule has 2 aromatic rings. The first kappa shape index (κ1) is 12.3. The number of fused-ring (bicyclic) bond motifs is 1. The van der Waals surface area contributed by atoms with Crippen molar-refractivity contribution in [1.82, 2.24) is 15.1 Å². The van der Waals surface area contributed by atoms with Crippen LogP contribution in [0.4, 0.5) is 5.69 Å². The normalized spacial score (nSPS) is 10.6. The first-order chi connectivity index (χ1) is 8.52. The number of halogens is 1. The molecule has 0 spiro atoms. The number of nitro benzene ring substituents is 1. The zero-order valence-electron chi connectivity index (χ0n) is 9.38. The van der Waals surface area contributed by atoms with E-state index in [1.165, 1.54) is 30.1 Å². The molecule has 0 aliphatic rings. The summed E-state index contributed by atoms with van der Waals surface area (Å²) in [4.78, 5) is 21.4. The molecule has 7 nitrogen and oxygen atoms in total. The average Bonchev–Trinajstić information content (AvgIpc) is 2.72. The Bertz CT molecular complexity index is 637. The van der Waals surface area contributed by atoms with Gasteiger partial charge in [0, 0.05) is 24.6 Å². The molecule has 0 atom stereocenters. The summed E-state index contributed by atoms with van der Waals surface area (Å²) in [5.41, 5.74) is 0.401. The van der Waals surface area contributed by atoms with Gasteiger partial charge in [-0.2, -0.15) is 5.10 Å². The molecule has 1 aromatic heterocycles. The number of benzene rings is 1. The maximum atomic E-state index is 11.3. The van der Waals surface area contributed by atoms with Crippen molar-refractivity contribution in [2.75, 3.05) is 7.05 Å².